The summed E-state index contributed by atoms with van der Waals surface area (Å²) in [6, 6.07) is 0. The van der Waals surface area contributed by atoms with E-state index in [1.807, 2.05) is 0 Å². The van der Waals surface area contributed by atoms with E-state index in [1.165, 1.54) is 0 Å². The molecule has 3 N–H and O–H groups in total. The number of nitrogens with zero attached hydrogens (tertiary/aromatic N) is 2. The van der Waals surface area contributed by atoms with Crippen LogP contribution in [-0.4, -0.2) is 52.9 Å². The Morgan fingerprint density at radius 2 is 2.05 bits per heavy atom. The van der Waals surface area contributed by atoms with E-state index in [1.54, 1.807) is 6.92 Å². The highest BCUT2D eigenvalue weighted by molar-refractivity contribution is 5.79. The van der Waals surface area contributed by atoms with Crippen molar-refractivity contribution in [1.29, 1.82) is 0 Å². The number of alkyl halides is 3. The van der Waals surface area contributed by atoms with Crippen molar-refractivity contribution in [2.24, 2.45) is 5.92 Å². The van der Waals surface area contributed by atoms with Gasteiger partial charge in [-0.05, 0) is 6.92 Å². The lowest BCUT2D eigenvalue weighted by Crippen LogP contribution is -2.51. The van der Waals surface area contributed by atoms with Crippen molar-refractivity contribution in [3.8, 4) is 0 Å². The number of aryl methyl sites for hydroxylation is 1. The lowest BCUT2D eigenvalue weighted by atomic mass is 10.0. The highest BCUT2D eigenvalue weighted by Crippen LogP contribution is 2.13. The first-order chi connectivity index (χ1) is 10.2. The number of carbonyl (C=O) groups is 2. The van der Waals surface area contributed by atoms with Crippen LogP contribution in [0.1, 0.15) is 11.7 Å². The minimum absolute atomic E-state index is 0.102. The Bertz CT molecular complexity index is 514. The molecule has 2 heterocycles. The third-order valence-corrected chi connectivity index (χ3v) is 2.60. The monoisotopic (exact) mass is 324 g/mol. The fourth-order valence-corrected chi connectivity index (χ4v) is 1.35. The van der Waals surface area contributed by atoms with Crippen LogP contribution in [0.3, 0.4) is 0 Å². The highest BCUT2D eigenvalue weighted by Gasteiger charge is 2.38. The first kappa shape index (κ1) is 17.9. The number of hydrogen-bond donors (Lipinski definition) is 3. The second-order valence-electron chi connectivity index (χ2n) is 4.43. The summed E-state index contributed by atoms with van der Waals surface area (Å²) in [4.78, 5) is 24.3. The van der Waals surface area contributed by atoms with Gasteiger partial charge in [-0.1, -0.05) is 5.16 Å². The first-order valence-corrected chi connectivity index (χ1v) is 6.28. The van der Waals surface area contributed by atoms with Gasteiger partial charge in [0.25, 0.3) is 0 Å². The highest BCUT2D eigenvalue weighted by atomic mass is 19.4. The van der Waals surface area contributed by atoms with E-state index in [9.17, 15) is 18.0 Å². The zero-order valence-electron chi connectivity index (χ0n) is 11.6. The molecule has 0 aliphatic carbocycles. The standard InChI is InChI=1S/C9H14N4O2.C2HF3O2/c1-6-12-8(15-13-6)2-3-11-9(14)7-4-10-5-7;3-2(4,5)1(6)7/h7,10H,2-5H2,1H3,(H,11,14);(H,6,7). The molecule has 1 saturated heterocycles. The summed E-state index contributed by atoms with van der Waals surface area (Å²) in [6.07, 6.45) is -4.49. The molecule has 1 aliphatic heterocycles. The van der Waals surface area contributed by atoms with Crippen molar-refractivity contribution < 1.29 is 32.4 Å². The van der Waals surface area contributed by atoms with Crippen molar-refractivity contribution in [1.82, 2.24) is 20.8 Å². The molecule has 11 heteroatoms. The van der Waals surface area contributed by atoms with E-state index in [-0.39, 0.29) is 11.8 Å². The summed E-state index contributed by atoms with van der Waals surface area (Å²) in [5.74, 6) is -1.33. The predicted molar refractivity (Wildman–Crippen MR) is 65.8 cm³/mol. The van der Waals surface area contributed by atoms with Crippen molar-refractivity contribution >= 4 is 11.9 Å². The van der Waals surface area contributed by atoms with Gasteiger partial charge in [0.05, 0.1) is 5.92 Å². The molecular formula is C11H15F3N4O4. The van der Waals surface area contributed by atoms with Gasteiger partial charge in [-0.3, -0.25) is 4.79 Å². The van der Waals surface area contributed by atoms with Gasteiger partial charge < -0.3 is 20.3 Å². The fourth-order valence-electron chi connectivity index (χ4n) is 1.35. The van der Waals surface area contributed by atoms with Crippen LogP contribution in [0, 0.1) is 12.8 Å². The first-order valence-electron chi connectivity index (χ1n) is 6.28. The molecule has 0 radical (unpaired) electrons. The molecule has 124 valence electrons. The Balaban J connectivity index is 0.000000295. The third kappa shape index (κ3) is 6.08. The number of rotatable bonds is 4. The minimum atomic E-state index is -5.08. The molecule has 0 saturated carbocycles. The van der Waals surface area contributed by atoms with E-state index < -0.39 is 12.1 Å². The lowest BCUT2D eigenvalue weighted by Gasteiger charge is -2.25. The minimum Gasteiger partial charge on any atom is -0.475 e. The van der Waals surface area contributed by atoms with Crippen LogP contribution in [-0.2, 0) is 16.0 Å². The van der Waals surface area contributed by atoms with Crippen molar-refractivity contribution in [3.63, 3.8) is 0 Å². The van der Waals surface area contributed by atoms with Gasteiger partial charge in [0.1, 0.15) is 0 Å². The Morgan fingerprint density at radius 3 is 2.41 bits per heavy atom. The number of halogens is 3. The summed E-state index contributed by atoms with van der Waals surface area (Å²) in [5.41, 5.74) is 0. The number of nitrogens with one attached hydrogen (secondary N) is 2. The zero-order chi connectivity index (χ0) is 16.8. The van der Waals surface area contributed by atoms with Gasteiger partial charge in [-0.2, -0.15) is 18.2 Å². The van der Waals surface area contributed by atoms with E-state index >= 15 is 0 Å². The lowest BCUT2D eigenvalue weighted by molar-refractivity contribution is -0.192. The third-order valence-electron chi connectivity index (χ3n) is 2.60. The molecule has 8 nitrogen and oxygen atoms in total. The summed E-state index contributed by atoms with van der Waals surface area (Å²) in [5, 5.41) is 16.7. The topological polar surface area (TPSA) is 117 Å². The molecular weight excluding hydrogens is 309 g/mol. The van der Waals surface area contributed by atoms with Gasteiger partial charge in [0.15, 0.2) is 5.82 Å². The Labute approximate surface area is 123 Å². The van der Waals surface area contributed by atoms with Crippen LogP contribution in [0.4, 0.5) is 13.2 Å². The van der Waals surface area contributed by atoms with E-state index in [0.29, 0.717) is 24.7 Å². The van der Waals surface area contributed by atoms with E-state index in [2.05, 4.69) is 20.8 Å². The van der Waals surface area contributed by atoms with Crippen LogP contribution in [0.15, 0.2) is 4.52 Å². The van der Waals surface area contributed by atoms with E-state index in [4.69, 9.17) is 14.4 Å². The number of hydrogen-bond acceptors (Lipinski definition) is 6. The maximum atomic E-state index is 11.4. The molecule has 1 aromatic rings. The second kappa shape index (κ2) is 7.73. The molecule has 0 aromatic carbocycles. The number of carbonyl (C=O) groups excluding carboxylic acids is 1. The van der Waals surface area contributed by atoms with E-state index in [0.717, 1.165) is 13.1 Å². The predicted octanol–water partition coefficient (Wildman–Crippen LogP) is -0.111. The SMILES string of the molecule is Cc1noc(CCNC(=O)C2CNC2)n1.O=C(O)C(F)(F)F. The largest absolute Gasteiger partial charge is 0.490 e. The molecule has 0 spiro atoms. The number of carboxylic acid groups (broad SMARTS) is 1. The Hall–Kier alpha value is -2.17. The summed E-state index contributed by atoms with van der Waals surface area (Å²) in [6.45, 7) is 3.89. The van der Waals surface area contributed by atoms with Gasteiger partial charge >= 0.3 is 12.1 Å². The molecule has 0 bridgehead atoms. The van der Waals surface area contributed by atoms with Gasteiger partial charge in [-0.25, -0.2) is 4.79 Å². The van der Waals surface area contributed by atoms with Gasteiger partial charge in [0.2, 0.25) is 11.8 Å². The molecule has 0 atom stereocenters. The molecule has 1 aliphatic rings. The van der Waals surface area contributed by atoms with Crippen LogP contribution >= 0.6 is 0 Å². The Kier molecular flexibility index (Phi) is 6.28. The van der Waals surface area contributed by atoms with Crippen molar-refractivity contribution in [2.75, 3.05) is 19.6 Å². The molecule has 22 heavy (non-hydrogen) atoms. The molecule has 2 rings (SSSR count). The Morgan fingerprint density at radius 1 is 1.45 bits per heavy atom. The molecule has 1 aromatic heterocycles. The maximum absolute atomic E-state index is 11.4. The number of aromatic nitrogens is 2. The maximum Gasteiger partial charge on any atom is 0.490 e. The molecule has 1 amide bonds. The number of carboxylic acids is 1. The summed E-state index contributed by atoms with van der Waals surface area (Å²) >= 11 is 0. The average Bonchev–Trinajstić information content (AvgIpc) is 2.72. The number of aliphatic carboxylic acids is 1. The van der Waals surface area contributed by atoms with Crippen LogP contribution in [0.5, 0.6) is 0 Å². The molecule has 0 unspecified atom stereocenters. The van der Waals surface area contributed by atoms with Gasteiger partial charge in [0, 0.05) is 26.1 Å². The van der Waals surface area contributed by atoms with Crippen LogP contribution in [0.2, 0.25) is 0 Å². The second-order valence-corrected chi connectivity index (χ2v) is 4.43. The van der Waals surface area contributed by atoms with Crippen molar-refractivity contribution in [3.05, 3.63) is 11.7 Å². The normalized spacial score (nSPS) is 14.5. The zero-order valence-corrected chi connectivity index (χ0v) is 11.6. The number of amides is 1. The van der Waals surface area contributed by atoms with Crippen molar-refractivity contribution in [2.45, 2.75) is 19.5 Å². The quantitative estimate of drug-likeness (QED) is 0.707. The fraction of sp³-hybridized carbons (Fsp3) is 0.636. The van der Waals surface area contributed by atoms with Gasteiger partial charge in [-0.15, -0.1) is 0 Å². The molecule has 1 fully saturated rings. The average molecular weight is 324 g/mol. The van der Waals surface area contributed by atoms with Crippen LogP contribution in [0.25, 0.3) is 0 Å². The smallest absolute Gasteiger partial charge is 0.475 e. The summed E-state index contributed by atoms with van der Waals surface area (Å²) < 4.78 is 36.7. The van der Waals surface area contributed by atoms with Crippen LogP contribution < -0.4 is 10.6 Å². The summed E-state index contributed by atoms with van der Waals surface area (Å²) in [7, 11) is 0.